The van der Waals surface area contributed by atoms with Crippen molar-refractivity contribution < 1.29 is 28.5 Å². The Morgan fingerprint density at radius 2 is 1.90 bits per heavy atom. The van der Waals surface area contributed by atoms with E-state index in [1.165, 1.54) is 12.3 Å². The van der Waals surface area contributed by atoms with Gasteiger partial charge in [0.1, 0.15) is 49.8 Å². The summed E-state index contributed by atoms with van der Waals surface area (Å²) in [6, 6.07) is 18.5. The van der Waals surface area contributed by atoms with Crippen molar-refractivity contribution in [1.82, 2.24) is 4.98 Å². The normalized spacial score (nSPS) is 13.6. The molecule has 0 amide bonds. The summed E-state index contributed by atoms with van der Waals surface area (Å²) in [5.74, 6) is 1.91. The van der Waals surface area contributed by atoms with Gasteiger partial charge in [-0.2, -0.15) is 5.26 Å². The molecule has 1 unspecified atom stereocenters. The number of carbonyl (C=O) groups excluding carboxylic acids is 2. The Balaban J connectivity index is 1.34. The third-order valence-electron chi connectivity index (χ3n) is 6.67. The molecule has 1 atom stereocenters. The standard InChI is InChI=1S/C32H25ClN2O6/c1-20-24(3-2-4-27(20)23-5-6-29-32(11-23)41-26(7-8-36)19-40-29)18-39-31-12-30(25(16-37)10-28(31)33)38-17-22-9-21(13-34)14-35-15-22/h2-6,8-12,14-16,26H,7,17-19H2,1H3. The van der Waals surface area contributed by atoms with Crippen molar-refractivity contribution in [2.75, 3.05) is 6.61 Å². The Morgan fingerprint density at radius 3 is 2.71 bits per heavy atom. The van der Waals surface area contributed by atoms with Crippen molar-refractivity contribution in [3.63, 3.8) is 0 Å². The number of aldehydes is 2. The van der Waals surface area contributed by atoms with E-state index in [4.69, 9.17) is 35.8 Å². The van der Waals surface area contributed by atoms with Crippen LogP contribution in [-0.2, 0) is 18.0 Å². The molecule has 2 heterocycles. The second-order valence-electron chi connectivity index (χ2n) is 9.41. The molecule has 0 saturated heterocycles. The van der Waals surface area contributed by atoms with Crippen LogP contribution in [0.1, 0.15) is 39.0 Å². The van der Waals surface area contributed by atoms with Gasteiger partial charge in [0.15, 0.2) is 17.8 Å². The minimum atomic E-state index is -0.306. The summed E-state index contributed by atoms with van der Waals surface area (Å²) in [5, 5.41) is 9.37. The fraction of sp³-hybridized carbons (Fsp3) is 0.188. The maximum Gasteiger partial charge on any atom is 0.162 e. The number of carbonyl (C=O) groups is 2. The van der Waals surface area contributed by atoms with Gasteiger partial charge in [-0.3, -0.25) is 9.78 Å². The molecule has 206 valence electrons. The van der Waals surface area contributed by atoms with E-state index in [9.17, 15) is 9.59 Å². The molecule has 5 rings (SSSR count). The molecule has 1 aliphatic heterocycles. The minimum absolute atomic E-state index is 0.108. The highest BCUT2D eigenvalue weighted by Crippen LogP contribution is 2.38. The first-order valence-electron chi connectivity index (χ1n) is 12.8. The largest absolute Gasteiger partial charge is 0.488 e. The zero-order valence-electron chi connectivity index (χ0n) is 22.1. The molecule has 4 aromatic rings. The van der Waals surface area contributed by atoms with Gasteiger partial charge in [0.05, 0.1) is 16.1 Å². The molecule has 9 heteroatoms. The van der Waals surface area contributed by atoms with Gasteiger partial charge >= 0.3 is 0 Å². The maximum absolute atomic E-state index is 11.7. The van der Waals surface area contributed by atoms with Gasteiger partial charge in [-0.05, 0) is 53.4 Å². The minimum Gasteiger partial charge on any atom is -0.488 e. The first-order chi connectivity index (χ1) is 20.0. The van der Waals surface area contributed by atoms with Crippen molar-refractivity contribution in [2.24, 2.45) is 0 Å². The molecule has 8 nitrogen and oxygen atoms in total. The Morgan fingerprint density at radius 1 is 1.05 bits per heavy atom. The number of hydrogen-bond acceptors (Lipinski definition) is 8. The highest BCUT2D eigenvalue weighted by Gasteiger charge is 2.22. The molecular formula is C32H25ClN2O6. The summed E-state index contributed by atoms with van der Waals surface area (Å²) in [5.41, 5.74) is 5.26. The quantitative estimate of drug-likeness (QED) is 0.206. The fourth-order valence-electron chi connectivity index (χ4n) is 4.48. The van der Waals surface area contributed by atoms with Crippen LogP contribution >= 0.6 is 11.6 Å². The predicted octanol–water partition coefficient (Wildman–Crippen LogP) is 6.28. The molecular weight excluding hydrogens is 544 g/mol. The zero-order chi connectivity index (χ0) is 28.8. The second kappa shape index (κ2) is 12.5. The summed E-state index contributed by atoms with van der Waals surface area (Å²) in [6.07, 6.45) is 4.51. The number of ether oxygens (including phenoxy) is 4. The van der Waals surface area contributed by atoms with E-state index in [1.807, 2.05) is 49.4 Å². The number of aromatic nitrogens is 1. The van der Waals surface area contributed by atoms with Gasteiger partial charge in [-0.15, -0.1) is 0 Å². The third kappa shape index (κ3) is 6.32. The predicted molar refractivity (Wildman–Crippen MR) is 152 cm³/mol. The number of nitrogens with zero attached hydrogens (tertiary/aromatic N) is 2. The Hall–Kier alpha value is -4.87. The van der Waals surface area contributed by atoms with Gasteiger partial charge in [0, 0.05) is 30.4 Å². The van der Waals surface area contributed by atoms with E-state index >= 15 is 0 Å². The van der Waals surface area contributed by atoms with Crippen molar-refractivity contribution in [1.29, 1.82) is 5.26 Å². The molecule has 0 aliphatic carbocycles. The SMILES string of the molecule is Cc1c(COc2cc(OCc3cncc(C#N)c3)c(C=O)cc2Cl)cccc1-c1ccc2c(c1)OC(CC=O)CO2. The topological polar surface area (TPSA) is 108 Å². The summed E-state index contributed by atoms with van der Waals surface area (Å²) in [7, 11) is 0. The molecule has 0 N–H and O–H groups in total. The molecule has 1 aliphatic rings. The molecule has 41 heavy (non-hydrogen) atoms. The molecule has 0 fully saturated rings. The van der Waals surface area contributed by atoms with Crippen molar-refractivity contribution in [3.05, 3.63) is 99.8 Å². The molecule has 0 saturated carbocycles. The van der Waals surface area contributed by atoms with Crippen molar-refractivity contribution in [3.8, 4) is 40.2 Å². The molecule has 0 spiro atoms. The van der Waals surface area contributed by atoms with Gasteiger partial charge in [-0.1, -0.05) is 35.9 Å². The van der Waals surface area contributed by atoms with Crippen LogP contribution in [0.5, 0.6) is 23.0 Å². The Labute approximate surface area is 242 Å². The number of hydrogen-bond donors (Lipinski definition) is 0. The van der Waals surface area contributed by atoms with Crippen LogP contribution in [0.25, 0.3) is 11.1 Å². The lowest BCUT2D eigenvalue weighted by molar-refractivity contribution is -0.109. The van der Waals surface area contributed by atoms with Gasteiger partial charge in [0.25, 0.3) is 0 Å². The average Bonchev–Trinajstić information content (AvgIpc) is 3.00. The lowest BCUT2D eigenvalue weighted by Gasteiger charge is -2.26. The first kappa shape index (κ1) is 27.7. The summed E-state index contributed by atoms with van der Waals surface area (Å²) >= 11 is 6.44. The monoisotopic (exact) mass is 568 g/mol. The molecule has 3 aromatic carbocycles. The number of halogens is 1. The van der Waals surface area contributed by atoms with Crippen LogP contribution < -0.4 is 18.9 Å². The van der Waals surface area contributed by atoms with Crippen LogP contribution in [0.15, 0.2) is 67.0 Å². The third-order valence-corrected chi connectivity index (χ3v) is 6.97. The van der Waals surface area contributed by atoms with Gasteiger partial charge in [-0.25, -0.2) is 0 Å². The van der Waals surface area contributed by atoms with E-state index in [-0.39, 0.29) is 36.3 Å². The van der Waals surface area contributed by atoms with Crippen LogP contribution in [0, 0.1) is 18.3 Å². The molecule has 1 aromatic heterocycles. The second-order valence-corrected chi connectivity index (χ2v) is 9.82. The number of nitriles is 1. The van der Waals surface area contributed by atoms with E-state index < -0.39 is 0 Å². The van der Waals surface area contributed by atoms with Crippen LogP contribution in [0.3, 0.4) is 0 Å². The smallest absolute Gasteiger partial charge is 0.162 e. The maximum atomic E-state index is 11.7. The van der Waals surface area contributed by atoms with E-state index in [1.54, 1.807) is 18.3 Å². The highest BCUT2D eigenvalue weighted by molar-refractivity contribution is 6.32. The summed E-state index contributed by atoms with van der Waals surface area (Å²) < 4.78 is 23.7. The van der Waals surface area contributed by atoms with E-state index in [0.29, 0.717) is 47.0 Å². The highest BCUT2D eigenvalue weighted by atomic mass is 35.5. The van der Waals surface area contributed by atoms with Crippen molar-refractivity contribution >= 4 is 24.2 Å². The lowest BCUT2D eigenvalue weighted by atomic mass is 9.96. The van der Waals surface area contributed by atoms with E-state index in [0.717, 1.165) is 28.5 Å². The number of fused-ring (bicyclic) bond motifs is 1. The van der Waals surface area contributed by atoms with Gasteiger partial charge in [0.2, 0.25) is 0 Å². The molecule has 0 bridgehead atoms. The number of benzene rings is 3. The van der Waals surface area contributed by atoms with Crippen molar-refractivity contribution in [2.45, 2.75) is 32.7 Å². The lowest BCUT2D eigenvalue weighted by Crippen LogP contribution is -2.29. The fourth-order valence-corrected chi connectivity index (χ4v) is 4.71. The van der Waals surface area contributed by atoms with E-state index in [2.05, 4.69) is 4.98 Å². The Kier molecular flexibility index (Phi) is 8.47. The summed E-state index contributed by atoms with van der Waals surface area (Å²) in [4.78, 5) is 26.6. The number of rotatable bonds is 10. The molecule has 0 radical (unpaired) electrons. The van der Waals surface area contributed by atoms with Gasteiger partial charge < -0.3 is 23.7 Å². The summed E-state index contributed by atoms with van der Waals surface area (Å²) in [6.45, 7) is 2.68. The van der Waals surface area contributed by atoms with Crippen LogP contribution in [0.2, 0.25) is 5.02 Å². The average molecular weight is 569 g/mol. The Bertz CT molecular complexity index is 1650. The number of pyridine rings is 1. The van der Waals surface area contributed by atoms with Crippen LogP contribution in [0.4, 0.5) is 0 Å². The van der Waals surface area contributed by atoms with Crippen LogP contribution in [-0.4, -0.2) is 30.3 Å². The first-order valence-corrected chi connectivity index (χ1v) is 13.2. The zero-order valence-corrected chi connectivity index (χ0v) is 22.9.